The van der Waals surface area contributed by atoms with Crippen molar-refractivity contribution >= 4 is 34.9 Å². The summed E-state index contributed by atoms with van der Waals surface area (Å²) in [7, 11) is 0. The Kier molecular flexibility index (Phi) is 2.53. The van der Waals surface area contributed by atoms with E-state index in [1.54, 1.807) is 23.9 Å². The van der Waals surface area contributed by atoms with Crippen molar-refractivity contribution in [3.8, 4) is 11.5 Å². The molecule has 6 heteroatoms. The minimum absolute atomic E-state index is 0.213. The molecule has 0 N–H and O–H groups in total. The van der Waals surface area contributed by atoms with Gasteiger partial charge in [-0.15, -0.1) is 0 Å². The molecule has 1 aromatic rings. The molecule has 4 nitrogen and oxygen atoms in total. The van der Waals surface area contributed by atoms with E-state index in [-0.39, 0.29) is 5.97 Å². The number of carbonyl (C=O) groups excluding carboxylic acids is 1. The third kappa shape index (κ3) is 1.90. The van der Waals surface area contributed by atoms with Gasteiger partial charge in [0.2, 0.25) is 0 Å². The zero-order chi connectivity index (χ0) is 11.0. The van der Waals surface area contributed by atoms with Gasteiger partial charge in [0.05, 0.1) is 11.5 Å². The number of carbonyl (C=O) groups is 1. The van der Waals surface area contributed by atoms with Gasteiger partial charge in [-0.2, -0.15) is 4.40 Å². The van der Waals surface area contributed by atoms with Crippen molar-refractivity contribution in [2.45, 2.75) is 6.42 Å². The summed E-state index contributed by atoms with van der Waals surface area (Å²) in [5.41, 5.74) is 0.874. The molecule has 0 bridgehead atoms. The van der Waals surface area contributed by atoms with Crippen LogP contribution in [-0.2, 0) is 11.2 Å². The van der Waals surface area contributed by atoms with E-state index in [1.165, 1.54) is 11.9 Å². The molecule has 0 amide bonds. The number of hydrogen-bond acceptors (Lipinski definition) is 6. The summed E-state index contributed by atoms with van der Waals surface area (Å²) in [6, 6.07) is 5.36. The molecule has 0 radical (unpaired) electrons. The van der Waals surface area contributed by atoms with Crippen LogP contribution in [0.4, 0.5) is 0 Å². The van der Waals surface area contributed by atoms with Crippen LogP contribution in [0, 0.1) is 0 Å². The number of hydrogen-bond donors (Lipinski definition) is 0. The van der Waals surface area contributed by atoms with E-state index in [9.17, 15) is 4.79 Å². The molecule has 0 fully saturated rings. The highest BCUT2D eigenvalue weighted by Crippen LogP contribution is 2.32. The Balaban J connectivity index is 1.82. The first-order valence-electron chi connectivity index (χ1n) is 4.65. The van der Waals surface area contributed by atoms with Gasteiger partial charge in [-0.1, -0.05) is 11.8 Å². The Morgan fingerprint density at radius 1 is 1.44 bits per heavy atom. The molecule has 0 unspecified atom stereocenters. The van der Waals surface area contributed by atoms with Gasteiger partial charge >= 0.3 is 5.97 Å². The predicted molar refractivity (Wildman–Crippen MR) is 63.9 cm³/mol. The average molecular weight is 253 g/mol. The lowest BCUT2D eigenvalue weighted by atomic mass is 10.1. The molecular formula is C10H7NO3S2. The number of esters is 1. The maximum absolute atomic E-state index is 11.1. The number of nitrogens with zero attached hydrogens (tertiary/aromatic N) is 1. The molecule has 0 atom stereocenters. The number of ether oxygens (including phenoxy) is 2. The summed E-state index contributed by atoms with van der Waals surface area (Å²) < 4.78 is 14.7. The molecule has 3 rings (SSSR count). The van der Waals surface area contributed by atoms with E-state index >= 15 is 0 Å². The smallest absolute Gasteiger partial charge is 0.315 e. The van der Waals surface area contributed by atoms with Crippen molar-refractivity contribution in [1.29, 1.82) is 0 Å². The summed E-state index contributed by atoms with van der Waals surface area (Å²) in [5.74, 6) is 1.12. The van der Waals surface area contributed by atoms with Crippen LogP contribution in [-0.4, -0.2) is 16.3 Å². The van der Waals surface area contributed by atoms with E-state index in [2.05, 4.69) is 4.40 Å². The molecule has 0 aromatic heterocycles. The second kappa shape index (κ2) is 4.03. The topological polar surface area (TPSA) is 47.9 Å². The van der Waals surface area contributed by atoms with Crippen molar-refractivity contribution in [1.82, 2.24) is 0 Å². The lowest BCUT2D eigenvalue weighted by Crippen LogP contribution is -2.00. The number of rotatable bonds is 1. The molecule has 2 aliphatic rings. The standard InChI is InChI=1S/C10H7NO3S2/c12-9-4-6-3-7(1-2-8(6)14-9)13-10-11-16-5-15-10/h1-3H,4-5H2. The fourth-order valence-electron chi connectivity index (χ4n) is 1.50. The first-order chi connectivity index (χ1) is 7.81. The molecule has 0 aliphatic carbocycles. The summed E-state index contributed by atoms with van der Waals surface area (Å²) in [5, 5.41) is 1.55. The molecular weight excluding hydrogens is 246 g/mol. The Bertz CT molecular complexity index is 487. The Labute approximate surface area is 101 Å². The largest absolute Gasteiger partial charge is 0.433 e. The van der Waals surface area contributed by atoms with Crippen molar-refractivity contribution in [2.24, 2.45) is 4.40 Å². The first-order valence-corrected chi connectivity index (χ1v) is 6.58. The molecule has 1 aromatic carbocycles. The molecule has 0 saturated heterocycles. The van der Waals surface area contributed by atoms with Crippen LogP contribution in [0.25, 0.3) is 0 Å². The fourth-order valence-corrected chi connectivity index (χ4v) is 2.99. The minimum Gasteiger partial charge on any atom is -0.433 e. The lowest BCUT2D eigenvalue weighted by molar-refractivity contribution is -0.131. The van der Waals surface area contributed by atoms with Crippen LogP contribution < -0.4 is 9.47 Å². The van der Waals surface area contributed by atoms with Crippen LogP contribution in [0.1, 0.15) is 5.56 Å². The zero-order valence-electron chi connectivity index (χ0n) is 8.13. The number of fused-ring (bicyclic) bond motifs is 1. The number of benzene rings is 1. The average Bonchev–Trinajstić information content (AvgIpc) is 2.85. The summed E-state index contributed by atoms with van der Waals surface area (Å²) >= 11 is 3.04. The van der Waals surface area contributed by atoms with Crippen LogP contribution in [0.15, 0.2) is 22.6 Å². The Morgan fingerprint density at radius 3 is 3.19 bits per heavy atom. The molecule has 82 valence electrons. The van der Waals surface area contributed by atoms with Gasteiger partial charge in [0.25, 0.3) is 5.23 Å². The summed E-state index contributed by atoms with van der Waals surface area (Å²) in [4.78, 5) is 11.1. The molecule has 0 saturated carbocycles. The minimum atomic E-state index is -0.213. The Morgan fingerprint density at radius 2 is 2.38 bits per heavy atom. The first kappa shape index (κ1) is 10.0. The van der Waals surface area contributed by atoms with Crippen LogP contribution >= 0.6 is 23.7 Å². The van der Waals surface area contributed by atoms with Crippen LogP contribution in [0.2, 0.25) is 0 Å². The van der Waals surface area contributed by atoms with E-state index in [0.717, 1.165) is 10.6 Å². The van der Waals surface area contributed by atoms with Crippen LogP contribution in [0.3, 0.4) is 0 Å². The van der Waals surface area contributed by atoms with Gasteiger partial charge in [-0.3, -0.25) is 4.79 Å². The molecule has 2 aliphatic heterocycles. The quantitative estimate of drug-likeness (QED) is 0.436. The van der Waals surface area contributed by atoms with Gasteiger partial charge in [-0.25, -0.2) is 0 Å². The van der Waals surface area contributed by atoms with Crippen molar-refractivity contribution in [2.75, 3.05) is 5.08 Å². The van der Waals surface area contributed by atoms with Crippen molar-refractivity contribution in [3.05, 3.63) is 23.8 Å². The predicted octanol–water partition coefficient (Wildman–Crippen LogP) is 2.24. The van der Waals surface area contributed by atoms with E-state index in [4.69, 9.17) is 9.47 Å². The van der Waals surface area contributed by atoms with E-state index in [0.29, 0.717) is 23.1 Å². The van der Waals surface area contributed by atoms with Gasteiger partial charge in [0.15, 0.2) is 0 Å². The fraction of sp³-hybridized carbons (Fsp3) is 0.200. The zero-order valence-corrected chi connectivity index (χ0v) is 9.77. The number of thioether (sulfide) groups is 1. The summed E-state index contributed by atoms with van der Waals surface area (Å²) in [6.07, 6.45) is 0.320. The van der Waals surface area contributed by atoms with Crippen molar-refractivity contribution in [3.63, 3.8) is 0 Å². The second-order valence-electron chi connectivity index (χ2n) is 3.27. The normalized spacial score (nSPS) is 18.0. The summed E-state index contributed by atoms with van der Waals surface area (Å²) in [6.45, 7) is 0. The van der Waals surface area contributed by atoms with Crippen LogP contribution in [0.5, 0.6) is 11.5 Å². The monoisotopic (exact) mass is 253 g/mol. The third-order valence-corrected chi connectivity index (χ3v) is 3.89. The van der Waals surface area contributed by atoms with E-state index < -0.39 is 0 Å². The maximum atomic E-state index is 11.1. The van der Waals surface area contributed by atoms with Gasteiger partial charge in [-0.05, 0) is 30.1 Å². The van der Waals surface area contributed by atoms with Crippen molar-refractivity contribution < 1.29 is 14.3 Å². The highest BCUT2D eigenvalue weighted by Gasteiger charge is 2.21. The highest BCUT2D eigenvalue weighted by molar-refractivity contribution is 8.26. The SMILES string of the molecule is O=C1Cc2cc(OC3=NSCS3)ccc2O1. The molecule has 2 heterocycles. The van der Waals surface area contributed by atoms with Gasteiger partial charge in [0, 0.05) is 5.56 Å². The molecule has 0 spiro atoms. The van der Waals surface area contributed by atoms with Gasteiger partial charge in [0.1, 0.15) is 11.5 Å². The Hall–Kier alpha value is -1.14. The lowest BCUT2D eigenvalue weighted by Gasteiger charge is -2.04. The molecule has 16 heavy (non-hydrogen) atoms. The second-order valence-corrected chi connectivity index (χ2v) is 5.29. The highest BCUT2D eigenvalue weighted by atomic mass is 32.2. The van der Waals surface area contributed by atoms with E-state index in [1.807, 2.05) is 6.07 Å². The third-order valence-electron chi connectivity index (χ3n) is 2.17. The van der Waals surface area contributed by atoms with Gasteiger partial charge < -0.3 is 9.47 Å². The maximum Gasteiger partial charge on any atom is 0.315 e.